The fourth-order valence-corrected chi connectivity index (χ4v) is 3.80. The fourth-order valence-electron chi connectivity index (χ4n) is 3.80. The summed E-state index contributed by atoms with van der Waals surface area (Å²) >= 11 is 0. The number of hydrogen-bond donors (Lipinski definition) is 0. The second kappa shape index (κ2) is 3.73. The number of aryl methyl sites for hydroxylation is 1. The van der Waals surface area contributed by atoms with Gasteiger partial charge in [-0.2, -0.15) is 0 Å². The molecule has 0 heterocycles. The highest BCUT2D eigenvalue weighted by molar-refractivity contribution is 6.21. The molecular weight excluding hydrogens is 252 g/mol. The summed E-state index contributed by atoms with van der Waals surface area (Å²) in [4.78, 5) is 0. The van der Waals surface area contributed by atoms with E-state index in [4.69, 9.17) is 0 Å². The molecule has 1 aliphatic rings. The molecule has 0 unspecified atom stereocenters. The van der Waals surface area contributed by atoms with Crippen molar-refractivity contribution in [3.05, 3.63) is 72.3 Å². The Labute approximate surface area is 123 Å². The lowest BCUT2D eigenvalue weighted by atomic mass is 9.94. The van der Waals surface area contributed by atoms with Crippen molar-refractivity contribution in [1.29, 1.82) is 0 Å². The van der Waals surface area contributed by atoms with Crippen LogP contribution in [0.3, 0.4) is 0 Å². The summed E-state index contributed by atoms with van der Waals surface area (Å²) in [7, 11) is 0. The van der Waals surface area contributed by atoms with Crippen molar-refractivity contribution >= 4 is 21.5 Å². The van der Waals surface area contributed by atoms with E-state index in [1.54, 1.807) is 0 Å². The quantitative estimate of drug-likeness (QED) is 0.325. The summed E-state index contributed by atoms with van der Waals surface area (Å²) < 4.78 is 0. The summed E-state index contributed by atoms with van der Waals surface area (Å²) in [6.07, 6.45) is 0. The Morgan fingerprint density at radius 3 is 2.33 bits per heavy atom. The molecule has 0 heteroatoms. The lowest BCUT2D eigenvalue weighted by Gasteiger charge is -2.09. The van der Waals surface area contributed by atoms with Crippen molar-refractivity contribution < 1.29 is 0 Å². The number of benzene rings is 4. The van der Waals surface area contributed by atoms with Crippen LogP contribution in [-0.4, -0.2) is 0 Å². The molecule has 1 aliphatic carbocycles. The lowest BCUT2D eigenvalue weighted by molar-refractivity contribution is 1.51. The minimum absolute atomic E-state index is 1.32. The van der Waals surface area contributed by atoms with Gasteiger partial charge in [0.05, 0.1) is 0 Å². The first kappa shape index (κ1) is 11.1. The molecule has 0 fully saturated rings. The first-order valence-corrected chi connectivity index (χ1v) is 7.39. The maximum atomic E-state index is 2.28. The zero-order valence-corrected chi connectivity index (χ0v) is 11.9. The van der Waals surface area contributed by atoms with Gasteiger partial charge in [-0.05, 0) is 56.3 Å². The Hall–Kier alpha value is -2.60. The van der Waals surface area contributed by atoms with Crippen LogP contribution in [0.25, 0.3) is 43.8 Å². The summed E-state index contributed by atoms with van der Waals surface area (Å²) in [5.74, 6) is 0. The predicted octanol–water partition coefficient (Wildman–Crippen LogP) is 5.95. The molecule has 0 saturated heterocycles. The molecule has 98 valence electrons. The van der Waals surface area contributed by atoms with Crippen LogP contribution >= 0.6 is 0 Å². The molecule has 4 aromatic carbocycles. The number of rotatable bonds is 0. The third kappa shape index (κ3) is 1.30. The van der Waals surface area contributed by atoms with Crippen LogP contribution < -0.4 is 0 Å². The molecule has 0 N–H and O–H groups in total. The standard InChI is InChI=1S/C21H14/c1-13-9-10-15-6-4-8-17-18-12-11-14-5-2-3-7-16(14)21(18)19(13)20(15)17/h2-12H,1H3. The monoisotopic (exact) mass is 266 g/mol. The van der Waals surface area contributed by atoms with E-state index in [0.29, 0.717) is 0 Å². The largest absolute Gasteiger partial charge is 0.0616 e. The smallest absolute Gasteiger partial charge is 0.00175 e. The Balaban J connectivity index is 2.10. The van der Waals surface area contributed by atoms with Gasteiger partial charge in [0, 0.05) is 0 Å². The average Bonchev–Trinajstić information content (AvgIpc) is 2.88. The number of fused-ring (bicyclic) bond motifs is 5. The van der Waals surface area contributed by atoms with E-state index < -0.39 is 0 Å². The molecule has 0 spiro atoms. The second-order valence-electron chi connectivity index (χ2n) is 5.87. The van der Waals surface area contributed by atoms with E-state index in [-0.39, 0.29) is 0 Å². The summed E-state index contributed by atoms with van der Waals surface area (Å²) in [6.45, 7) is 2.22. The van der Waals surface area contributed by atoms with Gasteiger partial charge in [-0.1, -0.05) is 66.7 Å². The van der Waals surface area contributed by atoms with Crippen LogP contribution in [0.15, 0.2) is 66.7 Å². The second-order valence-corrected chi connectivity index (χ2v) is 5.87. The molecular formula is C21H14. The van der Waals surface area contributed by atoms with Crippen LogP contribution in [0.5, 0.6) is 0 Å². The molecule has 0 saturated carbocycles. The molecule has 0 radical (unpaired) electrons. The zero-order valence-electron chi connectivity index (χ0n) is 11.9. The van der Waals surface area contributed by atoms with Crippen molar-refractivity contribution in [2.45, 2.75) is 6.92 Å². The van der Waals surface area contributed by atoms with Crippen LogP contribution in [0.1, 0.15) is 5.56 Å². The Morgan fingerprint density at radius 1 is 0.571 bits per heavy atom. The van der Waals surface area contributed by atoms with Crippen molar-refractivity contribution in [3.8, 4) is 22.3 Å². The average molecular weight is 266 g/mol. The van der Waals surface area contributed by atoms with E-state index in [1.165, 1.54) is 49.4 Å². The summed E-state index contributed by atoms with van der Waals surface area (Å²) in [6, 6.07) is 24.4. The van der Waals surface area contributed by atoms with Gasteiger partial charge in [-0.15, -0.1) is 0 Å². The Bertz CT molecular complexity index is 1040. The number of hydrogen-bond acceptors (Lipinski definition) is 0. The maximum Gasteiger partial charge on any atom is -0.00175 e. The lowest BCUT2D eigenvalue weighted by Crippen LogP contribution is -1.83. The molecule has 5 rings (SSSR count). The predicted molar refractivity (Wildman–Crippen MR) is 90.6 cm³/mol. The van der Waals surface area contributed by atoms with Crippen LogP contribution in [0.4, 0.5) is 0 Å². The van der Waals surface area contributed by atoms with E-state index >= 15 is 0 Å². The van der Waals surface area contributed by atoms with Crippen molar-refractivity contribution in [2.24, 2.45) is 0 Å². The van der Waals surface area contributed by atoms with Crippen molar-refractivity contribution in [3.63, 3.8) is 0 Å². The van der Waals surface area contributed by atoms with Crippen LogP contribution in [0, 0.1) is 6.92 Å². The molecule has 0 amide bonds. The van der Waals surface area contributed by atoms with Gasteiger partial charge in [0.25, 0.3) is 0 Å². The van der Waals surface area contributed by atoms with Crippen LogP contribution in [-0.2, 0) is 0 Å². The highest BCUT2D eigenvalue weighted by Gasteiger charge is 2.24. The highest BCUT2D eigenvalue weighted by atomic mass is 14.3. The molecule has 0 atom stereocenters. The third-order valence-corrected chi connectivity index (χ3v) is 4.72. The van der Waals surface area contributed by atoms with Gasteiger partial charge < -0.3 is 0 Å². The van der Waals surface area contributed by atoms with E-state index in [9.17, 15) is 0 Å². The first-order valence-electron chi connectivity index (χ1n) is 7.39. The van der Waals surface area contributed by atoms with Gasteiger partial charge in [-0.25, -0.2) is 0 Å². The minimum atomic E-state index is 1.32. The highest BCUT2D eigenvalue weighted by Crippen LogP contribution is 2.51. The molecule has 0 aromatic heterocycles. The van der Waals surface area contributed by atoms with E-state index in [0.717, 1.165) is 0 Å². The minimum Gasteiger partial charge on any atom is -0.0616 e. The molecule has 4 aromatic rings. The zero-order chi connectivity index (χ0) is 14.0. The molecule has 0 bridgehead atoms. The molecule has 21 heavy (non-hydrogen) atoms. The summed E-state index contributed by atoms with van der Waals surface area (Å²) in [5, 5.41) is 5.44. The Kier molecular flexibility index (Phi) is 1.97. The van der Waals surface area contributed by atoms with Gasteiger partial charge in [0.1, 0.15) is 0 Å². The Morgan fingerprint density at radius 2 is 1.38 bits per heavy atom. The van der Waals surface area contributed by atoms with Gasteiger partial charge >= 0.3 is 0 Å². The molecule has 0 aliphatic heterocycles. The maximum absolute atomic E-state index is 2.28. The van der Waals surface area contributed by atoms with Crippen molar-refractivity contribution in [2.75, 3.05) is 0 Å². The first-order chi connectivity index (χ1) is 10.3. The topological polar surface area (TPSA) is 0 Å². The summed E-state index contributed by atoms with van der Waals surface area (Å²) in [5.41, 5.74) is 6.97. The van der Waals surface area contributed by atoms with E-state index in [1.807, 2.05) is 0 Å². The molecule has 0 nitrogen and oxygen atoms in total. The fraction of sp³-hybridized carbons (Fsp3) is 0.0476. The van der Waals surface area contributed by atoms with Crippen LogP contribution in [0.2, 0.25) is 0 Å². The van der Waals surface area contributed by atoms with E-state index in [2.05, 4.69) is 73.7 Å². The normalized spacial score (nSPS) is 12.0. The van der Waals surface area contributed by atoms with Gasteiger partial charge in [0.2, 0.25) is 0 Å². The SMILES string of the molecule is Cc1ccc2cccc3c2c1-c1c-3ccc2ccccc12. The van der Waals surface area contributed by atoms with Gasteiger partial charge in [0.15, 0.2) is 0 Å². The van der Waals surface area contributed by atoms with Crippen molar-refractivity contribution in [1.82, 2.24) is 0 Å². The van der Waals surface area contributed by atoms with Gasteiger partial charge in [-0.3, -0.25) is 0 Å². The third-order valence-electron chi connectivity index (χ3n) is 4.72.